The summed E-state index contributed by atoms with van der Waals surface area (Å²) >= 11 is 0. The van der Waals surface area contributed by atoms with Crippen LogP contribution in [0.3, 0.4) is 0 Å². The quantitative estimate of drug-likeness (QED) is 0.665. The highest BCUT2D eigenvalue weighted by Gasteiger charge is 2.18. The van der Waals surface area contributed by atoms with Gasteiger partial charge in [0, 0.05) is 26.1 Å². The van der Waals surface area contributed by atoms with E-state index in [9.17, 15) is 13.2 Å². The summed E-state index contributed by atoms with van der Waals surface area (Å²) in [6, 6.07) is 7.74. The number of carbonyl (C=O) groups excluding carboxylic acids is 1. The number of unbranched alkanes of at least 4 members (excludes halogenated alkanes) is 2. The molecule has 0 spiro atoms. The van der Waals surface area contributed by atoms with Crippen molar-refractivity contribution in [1.82, 2.24) is 9.62 Å². The van der Waals surface area contributed by atoms with Gasteiger partial charge in [-0.25, -0.2) is 8.42 Å². The summed E-state index contributed by atoms with van der Waals surface area (Å²) in [5.74, 6) is -0.0982. The first kappa shape index (κ1) is 19.6. The fourth-order valence-electron chi connectivity index (χ4n) is 2.29. The van der Waals surface area contributed by atoms with Gasteiger partial charge in [0.15, 0.2) is 0 Å². The Bertz CT molecular complexity index is 600. The van der Waals surface area contributed by atoms with Gasteiger partial charge in [-0.2, -0.15) is 4.31 Å². The lowest BCUT2D eigenvalue weighted by atomic mass is 10.1. The Morgan fingerprint density at radius 1 is 1.26 bits per heavy atom. The number of carbonyl (C=O) groups is 1. The van der Waals surface area contributed by atoms with Crippen LogP contribution in [0.4, 0.5) is 0 Å². The van der Waals surface area contributed by atoms with Crippen molar-refractivity contribution in [3.63, 3.8) is 0 Å². The summed E-state index contributed by atoms with van der Waals surface area (Å²) in [5.41, 5.74) is 2.02. The summed E-state index contributed by atoms with van der Waals surface area (Å²) in [4.78, 5) is 11.8. The third kappa shape index (κ3) is 8.13. The standard InChI is InChI=1S/C17H28N2O3S/c1-4-5-6-11-18-17(20)10-12-19(23(3,21)22)14-16-9-7-8-15(2)13-16/h7-9,13H,4-6,10-12,14H2,1-3H3,(H,18,20). The van der Waals surface area contributed by atoms with Crippen molar-refractivity contribution >= 4 is 15.9 Å². The second-order valence-electron chi connectivity index (χ2n) is 5.89. The highest BCUT2D eigenvalue weighted by Crippen LogP contribution is 2.11. The van der Waals surface area contributed by atoms with Gasteiger partial charge in [0.25, 0.3) is 0 Å². The molecule has 0 unspecified atom stereocenters. The summed E-state index contributed by atoms with van der Waals surface area (Å²) < 4.78 is 25.2. The van der Waals surface area contributed by atoms with Crippen molar-refractivity contribution in [1.29, 1.82) is 0 Å². The highest BCUT2D eigenvalue weighted by atomic mass is 32.2. The number of rotatable bonds is 10. The number of benzene rings is 1. The predicted molar refractivity (Wildman–Crippen MR) is 93.6 cm³/mol. The van der Waals surface area contributed by atoms with Gasteiger partial charge in [0.2, 0.25) is 15.9 Å². The predicted octanol–water partition coefficient (Wildman–Crippen LogP) is 2.45. The maximum absolute atomic E-state index is 11.9. The topological polar surface area (TPSA) is 66.5 Å². The number of hydrogen-bond donors (Lipinski definition) is 1. The molecule has 1 N–H and O–H groups in total. The van der Waals surface area contributed by atoms with Gasteiger partial charge in [-0.15, -0.1) is 0 Å². The molecule has 0 radical (unpaired) electrons. The maximum atomic E-state index is 11.9. The first-order valence-corrected chi connectivity index (χ1v) is 9.95. The molecule has 1 amide bonds. The number of aryl methyl sites for hydroxylation is 1. The first-order valence-electron chi connectivity index (χ1n) is 8.10. The van der Waals surface area contributed by atoms with E-state index < -0.39 is 10.0 Å². The van der Waals surface area contributed by atoms with E-state index >= 15 is 0 Å². The molecule has 0 atom stereocenters. The molecule has 5 nitrogen and oxygen atoms in total. The Morgan fingerprint density at radius 3 is 2.61 bits per heavy atom. The fraction of sp³-hybridized carbons (Fsp3) is 0.588. The SMILES string of the molecule is CCCCCNC(=O)CCN(Cc1cccc(C)c1)S(C)(=O)=O. The van der Waals surface area contributed by atoms with E-state index in [2.05, 4.69) is 12.2 Å². The molecule has 1 aromatic carbocycles. The van der Waals surface area contributed by atoms with E-state index in [0.29, 0.717) is 13.1 Å². The van der Waals surface area contributed by atoms with Crippen LogP contribution in [0, 0.1) is 6.92 Å². The highest BCUT2D eigenvalue weighted by molar-refractivity contribution is 7.88. The van der Waals surface area contributed by atoms with Crippen LogP contribution in [0.1, 0.15) is 43.7 Å². The molecular formula is C17H28N2O3S. The van der Waals surface area contributed by atoms with E-state index in [0.717, 1.165) is 30.4 Å². The molecule has 0 fully saturated rings. The smallest absolute Gasteiger partial charge is 0.221 e. The van der Waals surface area contributed by atoms with Crippen LogP contribution in [0.5, 0.6) is 0 Å². The third-order valence-corrected chi connectivity index (χ3v) is 4.85. The van der Waals surface area contributed by atoms with Gasteiger partial charge in [0.1, 0.15) is 0 Å². The second kappa shape index (κ2) is 9.67. The second-order valence-corrected chi connectivity index (χ2v) is 7.88. The zero-order valence-corrected chi connectivity index (χ0v) is 15.2. The average molecular weight is 340 g/mol. The largest absolute Gasteiger partial charge is 0.356 e. The monoisotopic (exact) mass is 340 g/mol. The molecule has 0 aliphatic carbocycles. The lowest BCUT2D eigenvalue weighted by molar-refractivity contribution is -0.121. The van der Waals surface area contributed by atoms with Crippen molar-refractivity contribution in [2.24, 2.45) is 0 Å². The van der Waals surface area contributed by atoms with Crippen LogP contribution in [0.25, 0.3) is 0 Å². The zero-order valence-electron chi connectivity index (χ0n) is 14.3. The van der Waals surface area contributed by atoms with Crippen molar-refractivity contribution in [2.75, 3.05) is 19.3 Å². The molecule has 1 rings (SSSR count). The normalized spacial score (nSPS) is 11.7. The molecule has 130 valence electrons. The third-order valence-electron chi connectivity index (χ3n) is 3.60. The summed E-state index contributed by atoms with van der Waals surface area (Å²) in [6.07, 6.45) is 4.52. The number of nitrogens with zero attached hydrogens (tertiary/aromatic N) is 1. The van der Waals surface area contributed by atoms with Gasteiger partial charge in [0.05, 0.1) is 6.26 Å². The minimum Gasteiger partial charge on any atom is -0.356 e. The molecule has 1 aromatic rings. The molecule has 0 aliphatic rings. The van der Waals surface area contributed by atoms with Crippen LogP contribution < -0.4 is 5.32 Å². The van der Waals surface area contributed by atoms with Crippen LogP contribution in [-0.4, -0.2) is 38.0 Å². The molecule has 0 bridgehead atoms. The summed E-state index contributed by atoms with van der Waals surface area (Å²) in [7, 11) is -3.35. The molecule has 0 saturated heterocycles. The zero-order chi connectivity index (χ0) is 17.3. The van der Waals surface area contributed by atoms with Crippen molar-refractivity contribution in [2.45, 2.75) is 46.1 Å². The molecule has 0 saturated carbocycles. The van der Waals surface area contributed by atoms with Crippen LogP contribution >= 0.6 is 0 Å². The van der Waals surface area contributed by atoms with Crippen molar-refractivity contribution in [3.05, 3.63) is 35.4 Å². The van der Waals surface area contributed by atoms with Gasteiger partial charge >= 0.3 is 0 Å². The van der Waals surface area contributed by atoms with Crippen molar-refractivity contribution in [3.8, 4) is 0 Å². The van der Waals surface area contributed by atoms with Crippen LogP contribution in [-0.2, 0) is 21.4 Å². The van der Waals surface area contributed by atoms with E-state index in [-0.39, 0.29) is 18.9 Å². The minimum absolute atomic E-state index is 0.0982. The van der Waals surface area contributed by atoms with Gasteiger partial charge in [-0.05, 0) is 18.9 Å². The lowest BCUT2D eigenvalue weighted by Gasteiger charge is -2.20. The fourth-order valence-corrected chi connectivity index (χ4v) is 3.10. The Balaban J connectivity index is 2.54. The molecular weight excluding hydrogens is 312 g/mol. The van der Waals surface area contributed by atoms with Gasteiger partial charge < -0.3 is 5.32 Å². The summed E-state index contributed by atoms with van der Waals surface area (Å²) in [6.45, 7) is 5.23. The maximum Gasteiger partial charge on any atom is 0.221 e. The number of amides is 1. The average Bonchev–Trinajstić information content (AvgIpc) is 2.47. The van der Waals surface area contributed by atoms with E-state index in [1.54, 1.807) is 0 Å². The summed E-state index contributed by atoms with van der Waals surface area (Å²) in [5, 5.41) is 2.84. The van der Waals surface area contributed by atoms with Crippen LogP contribution in [0.2, 0.25) is 0 Å². The first-order chi connectivity index (χ1) is 10.8. The Kier molecular flexibility index (Phi) is 8.26. The van der Waals surface area contributed by atoms with E-state index in [1.807, 2.05) is 31.2 Å². The Labute approximate surface area is 140 Å². The molecule has 0 heterocycles. The van der Waals surface area contributed by atoms with Gasteiger partial charge in [-0.3, -0.25) is 4.79 Å². The van der Waals surface area contributed by atoms with Crippen LogP contribution in [0.15, 0.2) is 24.3 Å². The number of sulfonamides is 1. The molecule has 6 heteroatoms. The van der Waals surface area contributed by atoms with E-state index in [4.69, 9.17) is 0 Å². The lowest BCUT2D eigenvalue weighted by Crippen LogP contribution is -2.34. The molecule has 23 heavy (non-hydrogen) atoms. The molecule has 0 aliphatic heterocycles. The number of hydrogen-bond acceptors (Lipinski definition) is 3. The van der Waals surface area contributed by atoms with E-state index in [1.165, 1.54) is 10.6 Å². The van der Waals surface area contributed by atoms with Gasteiger partial charge in [-0.1, -0.05) is 49.6 Å². The molecule has 0 aromatic heterocycles. The van der Waals surface area contributed by atoms with Crippen molar-refractivity contribution < 1.29 is 13.2 Å². The Morgan fingerprint density at radius 2 is 2.00 bits per heavy atom. The minimum atomic E-state index is -3.35. The number of nitrogens with one attached hydrogen (secondary N) is 1. The Hall–Kier alpha value is -1.40.